The minimum Gasteiger partial charge on any atom is -0.342 e. The molecular formula is C26H17Cl3N2O2S. The fourth-order valence-electron chi connectivity index (χ4n) is 3.95. The minimum absolute atomic E-state index is 0.0918. The molecule has 170 valence electrons. The van der Waals surface area contributed by atoms with Crippen molar-refractivity contribution < 1.29 is 9.59 Å². The number of nitrogens with zero attached hydrogens (tertiary/aromatic N) is 2. The van der Waals surface area contributed by atoms with E-state index < -0.39 is 0 Å². The second kappa shape index (κ2) is 9.51. The Kier molecular flexibility index (Phi) is 6.45. The number of halogens is 3. The molecule has 0 spiro atoms. The molecule has 1 aromatic heterocycles. The molecule has 0 radical (unpaired) electrons. The Morgan fingerprint density at radius 3 is 2.44 bits per heavy atom. The van der Waals surface area contributed by atoms with Crippen molar-refractivity contribution in [2.45, 2.75) is 13.1 Å². The van der Waals surface area contributed by atoms with Crippen LogP contribution in [0.5, 0.6) is 0 Å². The SMILES string of the molecule is O=C1S/C(=C\c2cn(Cc3cccc(Cl)c3)c3ccccc23)C(=O)N1Cc1ccc(Cl)cc1Cl. The molecule has 4 aromatic rings. The lowest BCUT2D eigenvalue weighted by Gasteiger charge is -2.13. The second-order valence-corrected chi connectivity index (χ2v) is 10.1. The van der Waals surface area contributed by atoms with E-state index in [2.05, 4.69) is 4.57 Å². The fourth-order valence-corrected chi connectivity index (χ4v) is 5.46. The normalized spacial score (nSPS) is 15.1. The Bertz CT molecular complexity index is 1480. The van der Waals surface area contributed by atoms with E-state index >= 15 is 0 Å². The number of amides is 2. The molecule has 2 heterocycles. The fraction of sp³-hybridized carbons (Fsp3) is 0.0769. The molecule has 4 nitrogen and oxygen atoms in total. The van der Waals surface area contributed by atoms with Crippen molar-refractivity contribution >= 4 is 74.7 Å². The Morgan fingerprint density at radius 1 is 0.853 bits per heavy atom. The first-order valence-electron chi connectivity index (χ1n) is 10.4. The van der Waals surface area contributed by atoms with E-state index in [1.165, 1.54) is 4.90 Å². The second-order valence-electron chi connectivity index (χ2n) is 7.86. The Morgan fingerprint density at radius 2 is 1.65 bits per heavy atom. The number of benzene rings is 3. The first-order chi connectivity index (χ1) is 16.4. The molecule has 0 atom stereocenters. The molecule has 0 saturated carbocycles. The highest BCUT2D eigenvalue weighted by molar-refractivity contribution is 8.18. The van der Waals surface area contributed by atoms with Gasteiger partial charge in [-0.15, -0.1) is 0 Å². The van der Waals surface area contributed by atoms with Gasteiger partial charge in [-0.25, -0.2) is 0 Å². The molecule has 1 saturated heterocycles. The molecule has 0 bridgehead atoms. The van der Waals surface area contributed by atoms with Gasteiger partial charge in [0.15, 0.2) is 0 Å². The van der Waals surface area contributed by atoms with Crippen LogP contribution in [0.25, 0.3) is 17.0 Å². The van der Waals surface area contributed by atoms with Crippen molar-refractivity contribution in [3.63, 3.8) is 0 Å². The maximum atomic E-state index is 13.1. The number of thioether (sulfide) groups is 1. The Hall–Kier alpha value is -2.70. The molecule has 2 amide bonds. The third-order valence-electron chi connectivity index (χ3n) is 5.57. The lowest BCUT2D eigenvalue weighted by atomic mass is 10.1. The van der Waals surface area contributed by atoms with Crippen LogP contribution in [0.4, 0.5) is 4.79 Å². The van der Waals surface area contributed by atoms with Crippen LogP contribution in [0.1, 0.15) is 16.7 Å². The predicted molar refractivity (Wildman–Crippen MR) is 140 cm³/mol. The minimum atomic E-state index is -0.340. The van der Waals surface area contributed by atoms with Crippen molar-refractivity contribution in [2.24, 2.45) is 0 Å². The van der Waals surface area contributed by atoms with Gasteiger partial charge in [0.1, 0.15) is 0 Å². The summed E-state index contributed by atoms with van der Waals surface area (Å²) in [7, 11) is 0. The highest BCUT2D eigenvalue weighted by atomic mass is 35.5. The van der Waals surface area contributed by atoms with Crippen molar-refractivity contribution in [1.29, 1.82) is 0 Å². The van der Waals surface area contributed by atoms with Crippen LogP contribution < -0.4 is 0 Å². The van der Waals surface area contributed by atoms with E-state index in [0.717, 1.165) is 33.8 Å². The molecule has 3 aromatic carbocycles. The van der Waals surface area contributed by atoms with Crippen LogP contribution in [0.15, 0.2) is 77.8 Å². The van der Waals surface area contributed by atoms with E-state index in [9.17, 15) is 9.59 Å². The van der Waals surface area contributed by atoms with Gasteiger partial charge >= 0.3 is 0 Å². The van der Waals surface area contributed by atoms with Gasteiger partial charge in [-0.3, -0.25) is 14.5 Å². The molecule has 8 heteroatoms. The van der Waals surface area contributed by atoms with E-state index in [-0.39, 0.29) is 17.7 Å². The first-order valence-corrected chi connectivity index (χ1v) is 12.4. The standard InChI is InChI=1S/C26H17Cl3N2O2S/c27-19-5-3-4-16(10-19)13-30-14-18(21-6-1-2-7-23(21)30)11-24-25(32)31(26(33)34-24)15-17-8-9-20(28)12-22(17)29/h1-12,14H,13,15H2/b24-11-. The summed E-state index contributed by atoms with van der Waals surface area (Å²) >= 11 is 19.3. The lowest BCUT2D eigenvalue weighted by molar-refractivity contribution is -0.123. The van der Waals surface area contributed by atoms with Crippen molar-refractivity contribution in [2.75, 3.05) is 0 Å². The van der Waals surface area contributed by atoms with Gasteiger partial charge in [0, 0.05) is 44.3 Å². The van der Waals surface area contributed by atoms with Crippen molar-refractivity contribution in [1.82, 2.24) is 9.47 Å². The lowest BCUT2D eigenvalue weighted by Crippen LogP contribution is -2.27. The summed E-state index contributed by atoms with van der Waals surface area (Å²) in [6, 6.07) is 20.7. The zero-order valence-electron chi connectivity index (χ0n) is 17.7. The summed E-state index contributed by atoms with van der Waals surface area (Å²) < 4.78 is 2.12. The van der Waals surface area contributed by atoms with Crippen LogP contribution in [0, 0.1) is 0 Å². The van der Waals surface area contributed by atoms with Gasteiger partial charge in [-0.2, -0.15) is 0 Å². The van der Waals surface area contributed by atoms with E-state index in [0.29, 0.717) is 32.1 Å². The summed E-state index contributed by atoms with van der Waals surface area (Å²) in [5.41, 5.74) is 3.63. The number of para-hydroxylation sites is 1. The van der Waals surface area contributed by atoms with Crippen LogP contribution in [0.2, 0.25) is 15.1 Å². The molecular weight excluding hydrogens is 511 g/mol. The number of rotatable bonds is 5. The number of imide groups is 1. The molecule has 0 unspecified atom stereocenters. The molecule has 1 aliphatic heterocycles. The Labute approximate surface area is 215 Å². The summed E-state index contributed by atoms with van der Waals surface area (Å²) in [5, 5.41) is 2.27. The number of carbonyl (C=O) groups is 2. The summed E-state index contributed by atoms with van der Waals surface area (Å²) in [5.74, 6) is -0.340. The maximum absolute atomic E-state index is 13.1. The molecule has 1 fully saturated rings. The molecule has 1 aliphatic rings. The van der Waals surface area contributed by atoms with Crippen molar-refractivity contribution in [3.05, 3.63) is 110 Å². The predicted octanol–water partition coefficient (Wildman–Crippen LogP) is 7.89. The smallest absolute Gasteiger partial charge is 0.293 e. The number of carbonyl (C=O) groups excluding carboxylic acids is 2. The van der Waals surface area contributed by atoms with E-state index in [1.54, 1.807) is 24.3 Å². The van der Waals surface area contributed by atoms with Gasteiger partial charge in [-0.05, 0) is 59.3 Å². The third kappa shape index (κ3) is 4.62. The average molecular weight is 528 g/mol. The molecule has 5 rings (SSSR count). The maximum Gasteiger partial charge on any atom is 0.293 e. The van der Waals surface area contributed by atoms with Gasteiger partial charge in [0.25, 0.3) is 11.1 Å². The topological polar surface area (TPSA) is 42.3 Å². The van der Waals surface area contributed by atoms with Gasteiger partial charge in [0.05, 0.1) is 11.4 Å². The van der Waals surface area contributed by atoms with Gasteiger partial charge in [-0.1, -0.05) is 71.2 Å². The summed E-state index contributed by atoms with van der Waals surface area (Å²) in [6.07, 6.45) is 3.78. The molecule has 0 aliphatic carbocycles. The van der Waals surface area contributed by atoms with Crippen LogP contribution >= 0.6 is 46.6 Å². The largest absolute Gasteiger partial charge is 0.342 e. The highest BCUT2D eigenvalue weighted by Gasteiger charge is 2.35. The van der Waals surface area contributed by atoms with Gasteiger partial charge < -0.3 is 4.57 Å². The molecule has 0 N–H and O–H groups in total. The van der Waals surface area contributed by atoms with Crippen LogP contribution in [-0.4, -0.2) is 20.6 Å². The molecule has 34 heavy (non-hydrogen) atoms. The van der Waals surface area contributed by atoms with Crippen LogP contribution in [-0.2, 0) is 17.9 Å². The monoisotopic (exact) mass is 526 g/mol. The zero-order chi connectivity index (χ0) is 23.8. The number of hydrogen-bond donors (Lipinski definition) is 0. The number of aromatic nitrogens is 1. The number of fused-ring (bicyclic) bond motifs is 1. The van der Waals surface area contributed by atoms with Gasteiger partial charge in [0.2, 0.25) is 0 Å². The van der Waals surface area contributed by atoms with E-state index in [1.807, 2.05) is 54.7 Å². The third-order valence-corrected chi connectivity index (χ3v) is 7.29. The number of hydrogen-bond acceptors (Lipinski definition) is 3. The summed E-state index contributed by atoms with van der Waals surface area (Å²) in [4.78, 5) is 27.3. The Balaban J connectivity index is 1.46. The average Bonchev–Trinajstić information content (AvgIpc) is 3.27. The van der Waals surface area contributed by atoms with Crippen molar-refractivity contribution in [3.8, 4) is 0 Å². The zero-order valence-corrected chi connectivity index (χ0v) is 20.8. The quantitative estimate of drug-likeness (QED) is 0.248. The highest BCUT2D eigenvalue weighted by Crippen LogP contribution is 2.36. The summed E-state index contributed by atoms with van der Waals surface area (Å²) in [6.45, 7) is 0.722. The van der Waals surface area contributed by atoms with E-state index in [4.69, 9.17) is 34.8 Å². The van der Waals surface area contributed by atoms with Crippen LogP contribution in [0.3, 0.4) is 0 Å². The first kappa shape index (κ1) is 23.1.